The molecule has 6 heteroatoms. The standard InChI is InChI=1S/C14H10IN5/c1-9-14(18-13-3-2-6-17-20(9)13)10-4-5-12-16-7-11(15)19(12)8-10/h2-8H,1H3. The second-order valence-corrected chi connectivity index (χ2v) is 5.67. The fourth-order valence-corrected chi connectivity index (χ4v) is 2.89. The molecule has 4 aromatic rings. The zero-order valence-corrected chi connectivity index (χ0v) is 12.8. The van der Waals surface area contributed by atoms with Crippen LogP contribution in [0.4, 0.5) is 0 Å². The Morgan fingerprint density at radius 1 is 1.15 bits per heavy atom. The number of aromatic nitrogens is 5. The molecule has 0 unspecified atom stereocenters. The van der Waals surface area contributed by atoms with Crippen molar-refractivity contribution < 1.29 is 0 Å². The molecular formula is C14H10IN5. The van der Waals surface area contributed by atoms with E-state index in [0.29, 0.717) is 0 Å². The van der Waals surface area contributed by atoms with Crippen molar-refractivity contribution in [2.45, 2.75) is 6.92 Å². The van der Waals surface area contributed by atoms with E-state index in [0.717, 1.165) is 31.9 Å². The van der Waals surface area contributed by atoms with Crippen LogP contribution < -0.4 is 0 Å². The third-order valence-corrected chi connectivity index (χ3v) is 4.15. The topological polar surface area (TPSA) is 47.5 Å². The van der Waals surface area contributed by atoms with Crippen LogP contribution in [-0.4, -0.2) is 24.0 Å². The summed E-state index contributed by atoms with van der Waals surface area (Å²) in [6.45, 7) is 2.03. The molecule has 0 radical (unpaired) electrons. The highest BCUT2D eigenvalue weighted by atomic mass is 127. The molecule has 4 rings (SSSR count). The van der Waals surface area contributed by atoms with Crippen molar-refractivity contribution >= 4 is 33.9 Å². The van der Waals surface area contributed by atoms with E-state index in [1.165, 1.54) is 0 Å². The Kier molecular flexibility index (Phi) is 2.53. The van der Waals surface area contributed by atoms with Crippen molar-refractivity contribution in [1.29, 1.82) is 0 Å². The minimum atomic E-state index is 0.862. The van der Waals surface area contributed by atoms with Crippen LogP contribution in [0.3, 0.4) is 0 Å². The van der Waals surface area contributed by atoms with Gasteiger partial charge in [0.2, 0.25) is 0 Å². The lowest BCUT2D eigenvalue weighted by molar-refractivity contribution is 0.900. The van der Waals surface area contributed by atoms with Gasteiger partial charge in [0.25, 0.3) is 0 Å². The number of halogens is 1. The molecule has 0 spiro atoms. The average Bonchev–Trinajstić information content (AvgIpc) is 3.01. The lowest BCUT2D eigenvalue weighted by atomic mass is 10.2. The largest absolute Gasteiger partial charge is 0.294 e. The minimum absolute atomic E-state index is 0.862. The summed E-state index contributed by atoms with van der Waals surface area (Å²) in [7, 11) is 0. The highest BCUT2D eigenvalue weighted by Gasteiger charge is 2.12. The maximum atomic E-state index is 4.67. The van der Waals surface area contributed by atoms with Crippen LogP contribution in [-0.2, 0) is 0 Å². The van der Waals surface area contributed by atoms with Crippen molar-refractivity contribution in [2.75, 3.05) is 0 Å². The molecular weight excluding hydrogens is 365 g/mol. The second-order valence-electron chi connectivity index (χ2n) is 4.57. The Labute approximate surface area is 128 Å². The van der Waals surface area contributed by atoms with Crippen molar-refractivity contribution in [3.63, 3.8) is 0 Å². The predicted molar refractivity (Wildman–Crippen MR) is 84.6 cm³/mol. The zero-order chi connectivity index (χ0) is 13.7. The molecule has 0 N–H and O–H groups in total. The van der Waals surface area contributed by atoms with Crippen LogP contribution in [0.5, 0.6) is 0 Å². The third kappa shape index (κ3) is 1.64. The van der Waals surface area contributed by atoms with E-state index < -0.39 is 0 Å². The number of imidazole rings is 2. The molecule has 0 bridgehead atoms. The van der Waals surface area contributed by atoms with Gasteiger partial charge in [-0.25, -0.2) is 14.5 Å². The first kappa shape index (κ1) is 11.8. The fraction of sp³-hybridized carbons (Fsp3) is 0.0714. The number of rotatable bonds is 1. The number of fused-ring (bicyclic) bond motifs is 2. The Morgan fingerprint density at radius 3 is 2.90 bits per heavy atom. The van der Waals surface area contributed by atoms with Crippen molar-refractivity contribution in [3.8, 4) is 11.3 Å². The van der Waals surface area contributed by atoms with E-state index in [4.69, 9.17) is 0 Å². The van der Waals surface area contributed by atoms with Gasteiger partial charge in [0.05, 0.1) is 17.6 Å². The van der Waals surface area contributed by atoms with Gasteiger partial charge in [-0.15, -0.1) is 0 Å². The summed E-state index contributed by atoms with van der Waals surface area (Å²) in [4.78, 5) is 9.00. The molecule has 0 aliphatic heterocycles. The van der Waals surface area contributed by atoms with Crippen LogP contribution in [0.15, 0.2) is 42.9 Å². The van der Waals surface area contributed by atoms with E-state index in [1.807, 2.05) is 41.9 Å². The molecule has 20 heavy (non-hydrogen) atoms. The lowest BCUT2D eigenvalue weighted by Gasteiger charge is -2.01. The van der Waals surface area contributed by atoms with E-state index in [1.54, 1.807) is 6.20 Å². The first-order valence-corrected chi connectivity index (χ1v) is 7.25. The Hall–Kier alpha value is -1.96. The molecule has 4 heterocycles. The van der Waals surface area contributed by atoms with E-state index in [9.17, 15) is 0 Å². The molecule has 98 valence electrons. The normalized spacial score (nSPS) is 11.5. The molecule has 5 nitrogen and oxygen atoms in total. The summed E-state index contributed by atoms with van der Waals surface area (Å²) in [5.41, 5.74) is 4.86. The van der Waals surface area contributed by atoms with Gasteiger partial charge >= 0.3 is 0 Å². The summed E-state index contributed by atoms with van der Waals surface area (Å²) in [5, 5.41) is 4.33. The maximum absolute atomic E-state index is 4.67. The quantitative estimate of drug-likeness (QED) is 0.481. The molecule has 0 aromatic carbocycles. The number of hydrogen-bond acceptors (Lipinski definition) is 3. The molecule has 0 atom stereocenters. The van der Waals surface area contributed by atoms with Crippen LogP contribution in [0, 0.1) is 10.6 Å². The first-order chi connectivity index (χ1) is 9.74. The Morgan fingerprint density at radius 2 is 2.05 bits per heavy atom. The Bertz CT molecular complexity index is 937. The number of aryl methyl sites for hydroxylation is 1. The SMILES string of the molecule is Cc1c(-c2ccc3ncc(I)n3c2)nc2cccnn12. The van der Waals surface area contributed by atoms with Gasteiger partial charge in [-0.2, -0.15) is 5.10 Å². The molecule has 0 aliphatic rings. The van der Waals surface area contributed by atoms with E-state index >= 15 is 0 Å². The zero-order valence-electron chi connectivity index (χ0n) is 10.7. The Balaban J connectivity index is 2.00. The summed E-state index contributed by atoms with van der Waals surface area (Å²) >= 11 is 2.27. The summed E-state index contributed by atoms with van der Waals surface area (Å²) in [6, 6.07) is 7.91. The highest BCUT2D eigenvalue weighted by molar-refractivity contribution is 14.1. The van der Waals surface area contributed by atoms with Crippen LogP contribution in [0.2, 0.25) is 0 Å². The molecule has 0 amide bonds. The van der Waals surface area contributed by atoms with Gasteiger partial charge in [-0.05, 0) is 53.8 Å². The number of pyridine rings is 1. The monoisotopic (exact) mass is 375 g/mol. The molecule has 0 saturated heterocycles. The van der Waals surface area contributed by atoms with Crippen LogP contribution >= 0.6 is 22.6 Å². The smallest absolute Gasteiger partial charge is 0.154 e. The minimum Gasteiger partial charge on any atom is -0.294 e. The molecule has 0 saturated carbocycles. The predicted octanol–water partition coefficient (Wildman–Crippen LogP) is 2.96. The summed E-state index contributed by atoms with van der Waals surface area (Å²) in [6.07, 6.45) is 5.70. The molecule has 0 fully saturated rings. The van der Waals surface area contributed by atoms with Crippen LogP contribution in [0.1, 0.15) is 5.69 Å². The van der Waals surface area contributed by atoms with Gasteiger partial charge in [0.15, 0.2) is 5.65 Å². The maximum Gasteiger partial charge on any atom is 0.154 e. The van der Waals surface area contributed by atoms with E-state index in [2.05, 4.69) is 48.3 Å². The molecule has 0 aliphatic carbocycles. The van der Waals surface area contributed by atoms with Gasteiger partial charge in [-0.1, -0.05) is 0 Å². The molecule has 4 aromatic heterocycles. The van der Waals surface area contributed by atoms with Gasteiger partial charge < -0.3 is 0 Å². The lowest BCUT2D eigenvalue weighted by Crippen LogP contribution is -1.93. The number of hydrogen-bond donors (Lipinski definition) is 0. The van der Waals surface area contributed by atoms with Crippen LogP contribution in [0.25, 0.3) is 22.6 Å². The third-order valence-electron chi connectivity index (χ3n) is 3.35. The number of nitrogens with zero attached hydrogens (tertiary/aromatic N) is 5. The van der Waals surface area contributed by atoms with E-state index in [-0.39, 0.29) is 0 Å². The van der Waals surface area contributed by atoms with Crippen molar-refractivity contribution in [1.82, 2.24) is 24.0 Å². The second kappa shape index (κ2) is 4.27. The van der Waals surface area contributed by atoms with Crippen molar-refractivity contribution in [2.24, 2.45) is 0 Å². The van der Waals surface area contributed by atoms with Crippen molar-refractivity contribution in [3.05, 3.63) is 52.3 Å². The van der Waals surface area contributed by atoms with Gasteiger partial charge in [-0.3, -0.25) is 4.40 Å². The fourth-order valence-electron chi connectivity index (χ4n) is 2.37. The van der Waals surface area contributed by atoms with Gasteiger partial charge in [0, 0.05) is 18.0 Å². The summed E-state index contributed by atoms with van der Waals surface area (Å²) in [5.74, 6) is 0. The average molecular weight is 375 g/mol. The highest BCUT2D eigenvalue weighted by Crippen LogP contribution is 2.24. The van der Waals surface area contributed by atoms with Gasteiger partial charge in [0.1, 0.15) is 9.35 Å². The first-order valence-electron chi connectivity index (χ1n) is 6.17. The summed E-state index contributed by atoms with van der Waals surface area (Å²) < 4.78 is 5.00.